The number of hydrogen-bond acceptors (Lipinski definition) is 8. The SMILES string of the molecule is CCOC(=O)c1c(NC(=O)CSc2nnc(COc3cc(C)c(Cl)c(C)c3)n2C)sc2c1CCCCC2. The molecule has 0 atom stereocenters. The number of benzene rings is 1. The third-order valence-corrected chi connectivity index (χ3v) is 9.01. The Labute approximate surface area is 230 Å². The zero-order valence-corrected chi connectivity index (χ0v) is 23.9. The largest absolute Gasteiger partial charge is 0.486 e. The minimum absolute atomic E-state index is 0.132. The fourth-order valence-corrected chi connectivity index (χ4v) is 6.41. The van der Waals surface area contributed by atoms with Gasteiger partial charge in [0, 0.05) is 16.9 Å². The molecule has 198 valence electrons. The Morgan fingerprint density at radius 1 is 1.16 bits per heavy atom. The van der Waals surface area contributed by atoms with E-state index in [2.05, 4.69) is 15.5 Å². The molecule has 2 aromatic heterocycles. The highest BCUT2D eigenvalue weighted by molar-refractivity contribution is 7.99. The van der Waals surface area contributed by atoms with Crippen LogP contribution in [-0.4, -0.2) is 39.0 Å². The lowest BCUT2D eigenvalue weighted by molar-refractivity contribution is -0.113. The number of rotatable bonds is 9. The summed E-state index contributed by atoms with van der Waals surface area (Å²) in [5.74, 6) is 0.906. The third kappa shape index (κ3) is 6.48. The number of anilines is 1. The molecule has 1 aliphatic carbocycles. The van der Waals surface area contributed by atoms with Gasteiger partial charge in [-0.3, -0.25) is 4.79 Å². The molecule has 0 saturated heterocycles. The molecule has 8 nitrogen and oxygen atoms in total. The van der Waals surface area contributed by atoms with Crippen LogP contribution in [0.15, 0.2) is 17.3 Å². The maximum Gasteiger partial charge on any atom is 0.341 e. The molecule has 37 heavy (non-hydrogen) atoms. The minimum atomic E-state index is -0.367. The average molecular weight is 563 g/mol. The van der Waals surface area contributed by atoms with Crippen molar-refractivity contribution in [1.29, 1.82) is 0 Å². The summed E-state index contributed by atoms with van der Waals surface area (Å²) in [6.07, 6.45) is 5.04. The maximum absolute atomic E-state index is 12.8. The Morgan fingerprint density at radius 2 is 1.89 bits per heavy atom. The number of aromatic nitrogens is 3. The second-order valence-corrected chi connectivity index (χ2v) is 11.4. The van der Waals surface area contributed by atoms with Gasteiger partial charge in [-0.25, -0.2) is 4.79 Å². The number of carbonyl (C=O) groups is 2. The van der Waals surface area contributed by atoms with Crippen molar-refractivity contribution in [2.75, 3.05) is 17.7 Å². The molecule has 1 aromatic carbocycles. The quantitative estimate of drug-likeness (QED) is 0.197. The van der Waals surface area contributed by atoms with Gasteiger partial charge in [0.1, 0.15) is 17.4 Å². The highest BCUT2D eigenvalue weighted by atomic mass is 35.5. The Kier molecular flexibility index (Phi) is 9.15. The summed E-state index contributed by atoms with van der Waals surface area (Å²) in [5.41, 5.74) is 3.45. The number of carbonyl (C=O) groups excluding carboxylic acids is 2. The lowest BCUT2D eigenvalue weighted by atomic mass is 10.1. The van der Waals surface area contributed by atoms with E-state index in [0.29, 0.717) is 33.9 Å². The van der Waals surface area contributed by atoms with E-state index in [9.17, 15) is 9.59 Å². The molecule has 3 aromatic rings. The van der Waals surface area contributed by atoms with Crippen LogP contribution in [0.3, 0.4) is 0 Å². The number of aryl methyl sites for hydroxylation is 3. The van der Waals surface area contributed by atoms with Crippen LogP contribution in [0.25, 0.3) is 0 Å². The van der Waals surface area contributed by atoms with Crippen LogP contribution >= 0.6 is 34.7 Å². The molecule has 11 heteroatoms. The van der Waals surface area contributed by atoms with Crippen molar-refractivity contribution in [3.05, 3.63) is 50.1 Å². The summed E-state index contributed by atoms with van der Waals surface area (Å²) in [6.45, 7) is 6.19. The van der Waals surface area contributed by atoms with Crippen molar-refractivity contribution in [2.24, 2.45) is 7.05 Å². The van der Waals surface area contributed by atoms with E-state index in [1.54, 1.807) is 6.92 Å². The molecule has 1 amide bonds. The molecule has 2 heterocycles. The summed E-state index contributed by atoms with van der Waals surface area (Å²) in [5, 5.41) is 13.3. The van der Waals surface area contributed by atoms with Gasteiger partial charge in [0.25, 0.3) is 0 Å². The van der Waals surface area contributed by atoms with E-state index in [0.717, 1.165) is 53.8 Å². The van der Waals surface area contributed by atoms with Crippen LogP contribution in [0.2, 0.25) is 5.02 Å². The molecular weight excluding hydrogens is 532 g/mol. The summed E-state index contributed by atoms with van der Waals surface area (Å²) in [7, 11) is 1.84. The first kappa shape index (κ1) is 27.5. The first-order valence-corrected chi connectivity index (χ1v) is 14.5. The number of halogens is 1. The Balaban J connectivity index is 1.39. The molecule has 0 unspecified atom stereocenters. The van der Waals surface area contributed by atoms with E-state index >= 15 is 0 Å². The van der Waals surface area contributed by atoms with Crippen LogP contribution < -0.4 is 10.1 Å². The minimum Gasteiger partial charge on any atom is -0.486 e. The average Bonchev–Trinajstić information content (AvgIpc) is 3.29. The first-order chi connectivity index (χ1) is 17.8. The van der Waals surface area contributed by atoms with E-state index in [4.69, 9.17) is 21.1 Å². The van der Waals surface area contributed by atoms with Gasteiger partial charge in [-0.2, -0.15) is 0 Å². The van der Waals surface area contributed by atoms with Crippen LogP contribution in [-0.2, 0) is 36.0 Å². The van der Waals surface area contributed by atoms with E-state index < -0.39 is 0 Å². The second-order valence-electron chi connectivity index (χ2n) is 8.94. The van der Waals surface area contributed by atoms with Gasteiger partial charge in [-0.05, 0) is 75.3 Å². The van der Waals surface area contributed by atoms with Gasteiger partial charge >= 0.3 is 5.97 Å². The van der Waals surface area contributed by atoms with Gasteiger partial charge in [-0.15, -0.1) is 21.5 Å². The number of nitrogens with zero attached hydrogens (tertiary/aromatic N) is 3. The summed E-state index contributed by atoms with van der Waals surface area (Å²) in [6, 6.07) is 3.78. The normalized spacial score (nSPS) is 13.1. The van der Waals surface area contributed by atoms with Crippen molar-refractivity contribution in [2.45, 2.75) is 64.6 Å². The van der Waals surface area contributed by atoms with Crippen LogP contribution in [0, 0.1) is 13.8 Å². The number of hydrogen-bond donors (Lipinski definition) is 1. The lowest BCUT2D eigenvalue weighted by Crippen LogP contribution is -2.17. The Morgan fingerprint density at radius 3 is 2.62 bits per heavy atom. The van der Waals surface area contributed by atoms with Gasteiger partial charge in [0.15, 0.2) is 11.0 Å². The molecule has 0 bridgehead atoms. The van der Waals surface area contributed by atoms with E-state index in [1.165, 1.54) is 28.0 Å². The fraction of sp³-hybridized carbons (Fsp3) is 0.462. The number of nitrogens with one attached hydrogen (secondary N) is 1. The van der Waals surface area contributed by atoms with Gasteiger partial charge in [0.2, 0.25) is 5.91 Å². The summed E-state index contributed by atoms with van der Waals surface area (Å²) >= 11 is 9.01. The standard InChI is InChI=1S/C26H31ClN4O4S2/c1-5-34-25(33)22-18-9-7-6-8-10-19(18)37-24(22)28-21(32)14-36-26-30-29-20(31(26)4)13-35-17-11-15(2)23(27)16(3)12-17/h11-12H,5-10,13-14H2,1-4H3,(H,28,32). The topological polar surface area (TPSA) is 95.3 Å². The van der Waals surface area contributed by atoms with Crippen molar-refractivity contribution >= 4 is 51.6 Å². The summed E-state index contributed by atoms with van der Waals surface area (Å²) in [4.78, 5) is 26.7. The maximum atomic E-state index is 12.8. The predicted molar refractivity (Wildman–Crippen MR) is 147 cm³/mol. The highest BCUT2D eigenvalue weighted by Gasteiger charge is 2.26. The molecule has 0 radical (unpaired) electrons. The van der Waals surface area contributed by atoms with Crippen molar-refractivity contribution in [1.82, 2.24) is 14.8 Å². The second kappa shape index (κ2) is 12.3. The molecule has 0 spiro atoms. The number of ether oxygens (including phenoxy) is 2. The molecule has 0 saturated carbocycles. The number of thiophene rings is 1. The highest BCUT2D eigenvalue weighted by Crippen LogP contribution is 2.38. The number of amides is 1. The molecular formula is C26H31ClN4O4S2. The zero-order valence-electron chi connectivity index (χ0n) is 21.5. The van der Waals surface area contributed by atoms with Crippen molar-refractivity contribution in [3.8, 4) is 5.75 Å². The first-order valence-electron chi connectivity index (χ1n) is 12.3. The summed E-state index contributed by atoms with van der Waals surface area (Å²) < 4.78 is 13.0. The Bertz CT molecular complexity index is 1280. The monoisotopic (exact) mass is 562 g/mol. The molecule has 1 N–H and O–H groups in total. The van der Waals surface area contributed by atoms with Gasteiger partial charge in [-0.1, -0.05) is 29.8 Å². The lowest BCUT2D eigenvalue weighted by Gasteiger charge is -2.10. The Hall–Kier alpha value is -2.56. The van der Waals surface area contributed by atoms with Crippen LogP contribution in [0.5, 0.6) is 5.75 Å². The zero-order chi connectivity index (χ0) is 26.5. The van der Waals surface area contributed by atoms with E-state index in [-0.39, 0.29) is 24.2 Å². The number of thioether (sulfide) groups is 1. The third-order valence-electron chi connectivity index (χ3n) is 6.19. The molecule has 4 rings (SSSR count). The molecule has 0 fully saturated rings. The predicted octanol–water partition coefficient (Wildman–Crippen LogP) is 5.90. The fourth-order valence-electron chi connectivity index (χ4n) is 4.28. The number of fused-ring (bicyclic) bond motifs is 1. The van der Waals surface area contributed by atoms with Crippen LogP contribution in [0.1, 0.15) is 63.9 Å². The van der Waals surface area contributed by atoms with Gasteiger partial charge in [0.05, 0.1) is 17.9 Å². The van der Waals surface area contributed by atoms with Crippen molar-refractivity contribution < 1.29 is 19.1 Å². The molecule has 0 aliphatic heterocycles. The van der Waals surface area contributed by atoms with Crippen LogP contribution in [0.4, 0.5) is 5.00 Å². The van der Waals surface area contributed by atoms with Crippen molar-refractivity contribution in [3.63, 3.8) is 0 Å². The van der Waals surface area contributed by atoms with Gasteiger partial charge < -0.3 is 19.4 Å². The molecule has 1 aliphatic rings. The smallest absolute Gasteiger partial charge is 0.341 e. The number of esters is 1. The van der Waals surface area contributed by atoms with E-state index in [1.807, 2.05) is 37.6 Å².